The molecule has 1 aliphatic carbocycles. The molecule has 0 N–H and O–H groups in total. The van der Waals surface area contributed by atoms with Crippen LogP contribution < -0.4 is 0 Å². The van der Waals surface area contributed by atoms with Crippen LogP contribution in [0.1, 0.15) is 23.3 Å². The molecule has 112 valence electrons. The molecule has 4 rings (SSSR count). The van der Waals surface area contributed by atoms with Crippen LogP contribution in [0.15, 0.2) is 18.3 Å². The molecule has 2 aliphatic heterocycles. The zero-order valence-corrected chi connectivity index (χ0v) is 12.4. The molecular weight excluding hydrogens is 266 g/mol. The second-order valence-corrected chi connectivity index (χ2v) is 6.77. The second kappa shape index (κ2) is 4.61. The van der Waals surface area contributed by atoms with Crippen LogP contribution in [0, 0.1) is 17.8 Å². The normalized spacial score (nSPS) is 28.3. The van der Waals surface area contributed by atoms with Crippen LogP contribution in [0.2, 0.25) is 0 Å². The first-order valence-corrected chi connectivity index (χ1v) is 7.83. The number of amides is 2. The highest BCUT2D eigenvalue weighted by Crippen LogP contribution is 2.36. The molecule has 0 bridgehead atoms. The number of likely N-dealkylation sites (tertiary alicyclic amines) is 2. The predicted octanol–water partition coefficient (Wildman–Crippen LogP) is 0.965. The van der Waals surface area contributed by atoms with Gasteiger partial charge in [0.25, 0.3) is 5.91 Å². The van der Waals surface area contributed by atoms with Gasteiger partial charge in [0, 0.05) is 45.3 Å². The average Bonchev–Trinajstić information content (AvgIpc) is 2.90. The third kappa shape index (κ3) is 2.15. The molecule has 2 saturated heterocycles. The molecule has 3 fully saturated rings. The van der Waals surface area contributed by atoms with Crippen molar-refractivity contribution in [2.45, 2.75) is 12.8 Å². The molecule has 2 amide bonds. The Morgan fingerprint density at radius 1 is 1.29 bits per heavy atom. The van der Waals surface area contributed by atoms with Gasteiger partial charge in [-0.15, -0.1) is 0 Å². The Kier molecular flexibility index (Phi) is 2.84. The molecule has 0 aromatic carbocycles. The minimum absolute atomic E-state index is 0.0352. The second-order valence-electron chi connectivity index (χ2n) is 6.77. The van der Waals surface area contributed by atoms with Gasteiger partial charge in [-0.3, -0.25) is 9.59 Å². The van der Waals surface area contributed by atoms with Gasteiger partial charge >= 0.3 is 0 Å². The van der Waals surface area contributed by atoms with E-state index in [2.05, 4.69) is 0 Å². The summed E-state index contributed by atoms with van der Waals surface area (Å²) in [7, 11) is 1.88. The fraction of sp³-hybridized carbons (Fsp3) is 0.625. The number of hydrogen-bond acceptors (Lipinski definition) is 2. The van der Waals surface area contributed by atoms with Crippen molar-refractivity contribution in [2.75, 3.05) is 26.2 Å². The summed E-state index contributed by atoms with van der Waals surface area (Å²) in [6.45, 7) is 3.10. The van der Waals surface area contributed by atoms with E-state index < -0.39 is 0 Å². The highest BCUT2D eigenvalue weighted by molar-refractivity contribution is 5.94. The summed E-state index contributed by atoms with van der Waals surface area (Å²) in [6.07, 6.45) is 4.43. The lowest BCUT2D eigenvalue weighted by atomic mass is 10.0. The summed E-state index contributed by atoms with van der Waals surface area (Å²) in [5.74, 6) is 1.44. The van der Waals surface area contributed by atoms with E-state index in [1.807, 2.05) is 39.7 Å². The minimum Gasteiger partial charge on any atom is -0.347 e. The van der Waals surface area contributed by atoms with Crippen molar-refractivity contribution in [3.63, 3.8) is 0 Å². The Morgan fingerprint density at radius 2 is 2.10 bits per heavy atom. The summed E-state index contributed by atoms with van der Waals surface area (Å²) >= 11 is 0. The van der Waals surface area contributed by atoms with Crippen molar-refractivity contribution in [1.82, 2.24) is 14.4 Å². The molecule has 21 heavy (non-hydrogen) atoms. The van der Waals surface area contributed by atoms with Crippen molar-refractivity contribution < 1.29 is 9.59 Å². The van der Waals surface area contributed by atoms with Gasteiger partial charge in [-0.05, 0) is 30.9 Å². The van der Waals surface area contributed by atoms with E-state index in [9.17, 15) is 9.59 Å². The largest absolute Gasteiger partial charge is 0.347 e. The van der Waals surface area contributed by atoms with E-state index in [0.717, 1.165) is 25.6 Å². The van der Waals surface area contributed by atoms with E-state index in [4.69, 9.17) is 0 Å². The molecule has 5 heteroatoms. The number of aromatic nitrogens is 1. The van der Waals surface area contributed by atoms with E-state index in [1.165, 1.54) is 12.8 Å². The van der Waals surface area contributed by atoms with Crippen molar-refractivity contribution >= 4 is 11.8 Å². The molecule has 0 spiro atoms. The maximum atomic E-state index is 12.5. The fourth-order valence-corrected chi connectivity index (χ4v) is 3.73. The number of nitrogens with zero attached hydrogens (tertiary/aromatic N) is 3. The number of carbonyl (C=O) groups is 2. The van der Waals surface area contributed by atoms with Crippen LogP contribution in [0.25, 0.3) is 0 Å². The van der Waals surface area contributed by atoms with Crippen LogP contribution >= 0.6 is 0 Å². The van der Waals surface area contributed by atoms with Gasteiger partial charge in [0.05, 0.1) is 5.92 Å². The summed E-state index contributed by atoms with van der Waals surface area (Å²) in [5, 5.41) is 0. The monoisotopic (exact) mass is 287 g/mol. The quantitative estimate of drug-likeness (QED) is 0.831. The maximum Gasteiger partial charge on any atom is 0.270 e. The van der Waals surface area contributed by atoms with Crippen LogP contribution in [0.4, 0.5) is 0 Å². The van der Waals surface area contributed by atoms with Crippen molar-refractivity contribution in [3.05, 3.63) is 24.0 Å². The Labute approximate surface area is 124 Å². The molecule has 1 saturated carbocycles. The number of carbonyl (C=O) groups excluding carboxylic acids is 2. The van der Waals surface area contributed by atoms with Crippen LogP contribution in [0.3, 0.4) is 0 Å². The molecule has 1 aromatic rings. The lowest BCUT2D eigenvalue weighted by molar-refractivity contribution is -0.131. The number of hydrogen-bond donors (Lipinski definition) is 0. The summed E-state index contributed by atoms with van der Waals surface area (Å²) in [5.41, 5.74) is 0.706. The molecule has 0 unspecified atom stereocenters. The zero-order chi connectivity index (χ0) is 14.6. The SMILES string of the molecule is Cn1cccc1C(=O)N1C[C@H]2CN(CC3CC3)C(=O)[C@H]2C1. The van der Waals surface area contributed by atoms with Gasteiger partial charge in [-0.1, -0.05) is 0 Å². The van der Waals surface area contributed by atoms with Crippen LogP contribution in [-0.4, -0.2) is 52.4 Å². The minimum atomic E-state index is 0.0352. The van der Waals surface area contributed by atoms with E-state index in [0.29, 0.717) is 18.2 Å². The highest BCUT2D eigenvalue weighted by atomic mass is 16.2. The fourth-order valence-electron chi connectivity index (χ4n) is 3.73. The summed E-state index contributed by atoms with van der Waals surface area (Å²) < 4.78 is 1.84. The molecule has 2 atom stereocenters. The van der Waals surface area contributed by atoms with Gasteiger partial charge in [0.2, 0.25) is 5.91 Å². The van der Waals surface area contributed by atoms with Gasteiger partial charge in [-0.2, -0.15) is 0 Å². The first-order chi connectivity index (χ1) is 10.1. The first kappa shape index (κ1) is 12.9. The third-order valence-corrected chi connectivity index (χ3v) is 5.15. The number of rotatable bonds is 3. The first-order valence-electron chi connectivity index (χ1n) is 7.83. The van der Waals surface area contributed by atoms with E-state index in [1.54, 1.807) is 0 Å². The van der Waals surface area contributed by atoms with E-state index in [-0.39, 0.29) is 17.7 Å². The molecule has 5 nitrogen and oxygen atoms in total. The van der Waals surface area contributed by atoms with Crippen LogP contribution in [0.5, 0.6) is 0 Å². The topological polar surface area (TPSA) is 45.6 Å². The molecule has 3 aliphatic rings. The van der Waals surface area contributed by atoms with Crippen molar-refractivity contribution in [3.8, 4) is 0 Å². The maximum absolute atomic E-state index is 12.5. The van der Waals surface area contributed by atoms with Gasteiger partial charge in [0.1, 0.15) is 5.69 Å². The van der Waals surface area contributed by atoms with Crippen molar-refractivity contribution in [1.29, 1.82) is 0 Å². The predicted molar refractivity (Wildman–Crippen MR) is 77.6 cm³/mol. The lowest BCUT2D eigenvalue weighted by Gasteiger charge is -2.22. The molecule has 3 heterocycles. The lowest BCUT2D eigenvalue weighted by Crippen LogP contribution is -2.37. The van der Waals surface area contributed by atoms with Gasteiger partial charge in [-0.25, -0.2) is 0 Å². The summed E-state index contributed by atoms with van der Waals surface area (Å²) in [6, 6.07) is 3.73. The van der Waals surface area contributed by atoms with Crippen LogP contribution in [-0.2, 0) is 11.8 Å². The average molecular weight is 287 g/mol. The Morgan fingerprint density at radius 3 is 2.71 bits per heavy atom. The third-order valence-electron chi connectivity index (χ3n) is 5.15. The molecule has 0 radical (unpaired) electrons. The Balaban J connectivity index is 1.44. The van der Waals surface area contributed by atoms with E-state index >= 15 is 0 Å². The summed E-state index contributed by atoms with van der Waals surface area (Å²) in [4.78, 5) is 28.9. The smallest absolute Gasteiger partial charge is 0.270 e. The molecular formula is C16H21N3O2. The highest BCUT2D eigenvalue weighted by Gasteiger charge is 2.48. The number of aryl methyl sites for hydroxylation is 1. The van der Waals surface area contributed by atoms with Crippen molar-refractivity contribution in [2.24, 2.45) is 24.8 Å². The van der Waals surface area contributed by atoms with Gasteiger partial charge in [0.15, 0.2) is 0 Å². The molecule has 1 aromatic heterocycles. The zero-order valence-electron chi connectivity index (χ0n) is 12.4. The Bertz CT molecular complexity index is 590. The number of fused-ring (bicyclic) bond motifs is 1. The standard InChI is InChI=1S/C16H21N3O2/c1-17-6-2-3-14(17)16(21)19-9-12-8-18(7-11-4-5-11)15(20)13(12)10-19/h2-3,6,11-13H,4-5,7-10H2,1H3/t12-,13+/m1/s1. The van der Waals surface area contributed by atoms with Gasteiger partial charge < -0.3 is 14.4 Å². The Hall–Kier alpha value is -1.78.